The molecule has 0 spiro atoms. The number of nitrogens with zero attached hydrogens (tertiary/aromatic N) is 2. The highest BCUT2D eigenvalue weighted by Gasteiger charge is 2.36. The van der Waals surface area contributed by atoms with Gasteiger partial charge in [-0.3, -0.25) is 4.98 Å². The van der Waals surface area contributed by atoms with E-state index in [1.807, 2.05) is 25.3 Å². The van der Waals surface area contributed by atoms with E-state index in [-0.39, 0.29) is 18.0 Å². The predicted octanol–water partition coefficient (Wildman–Crippen LogP) is 0.433. The molecule has 3 heterocycles. The summed E-state index contributed by atoms with van der Waals surface area (Å²) in [6.07, 6.45) is 3.82. The number of carbonyl (C=O) groups is 1. The van der Waals surface area contributed by atoms with Gasteiger partial charge < -0.3 is 16.1 Å². The number of nitrogens with one attached hydrogen (secondary N) is 2. The maximum absolute atomic E-state index is 11.3. The summed E-state index contributed by atoms with van der Waals surface area (Å²) in [4.78, 5) is 17.2. The van der Waals surface area contributed by atoms with Crippen LogP contribution in [0.3, 0.4) is 0 Å². The zero-order chi connectivity index (χ0) is 13.4. The van der Waals surface area contributed by atoms with Crippen molar-refractivity contribution in [3.05, 3.63) is 41.4 Å². The minimum absolute atomic E-state index is 0.134. The lowest BCUT2D eigenvalue weighted by Crippen LogP contribution is -2.43. The Bertz CT molecular complexity index is 542. The Hall–Kier alpha value is -2.08. The number of aromatic nitrogens is 1. The number of pyridine rings is 1. The monoisotopic (exact) mass is 259 g/mol. The number of urea groups is 1. The maximum atomic E-state index is 11.3. The molecule has 4 N–H and O–H groups in total. The van der Waals surface area contributed by atoms with Gasteiger partial charge in [0.2, 0.25) is 0 Å². The number of hydrogen-bond acceptors (Lipinski definition) is 4. The van der Waals surface area contributed by atoms with Crippen LogP contribution in [0.1, 0.15) is 17.3 Å². The summed E-state index contributed by atoms with van der Waals surface area (Å²) in [5.41, 5.74) is 15.1. The van der Waals surface area contributed by atoms with E-state index in [2.05, 4.69) is 21.9 Å². The minimum atomic E-state index is -0.369. The van der Waals surface area contributed by atoms with E-state index in [0.717, 1.165) is 11.4 Å². The molecule has 6 heteroatoms. The first-order chi connectivity index (χ1) is 9.15. The zero-order valence-corrected chi connectivity index (χ0v) is 10.8. The third-order valence-electron chi connectivity index (χ3n) is 3.71. The van der Waals surface area contributed by atoms with Gasteiger partial charge in [-0.05, 0) is 30.7 Å². The van der Waals surface area contributed by atoms with Crippen LogP contribution in [0.4, 0.5) is 4.79 Å². The fourth-order valence-corrected chi connectivity index (χ4v) is 2.72. The lowest BCUT2D eigenvalue weighted by atomic mass is 9.90. The molecular formula is C13H17N5O. The van der Waals surface area contributed by atoms with Gasteiger partial charge in [0.05, 0.1) is 6.04 Å². The number of primary amides is 1. The van der Waals surface area contributed by atoms with Crippen LogP contribution in [-0.2, 0) is 0 Å². The van der Waals surface area contributed by atoms with Gasteiger partial charge in [0.25, 0.3) is 0 Å². The molecule has 0 aliphatic carbocycles. The average Bonchev–Trinajstić information content (AvgIpc) is 2.81. The van der Waals surface area contributed by atoms with Crippen LogP contribution in [0.2, 0.25) is 0 Å². The van der Waals surface area contributed by atoms with Gasteiger partial charge in [-0.1, -0.05) is 0 Å². The van der Waals surface area contributed by atoms with E-state index in [9.17, 15) is 4.79 Å². The number of hydrogen-bond donors (Lipinski definition) is 3. The Morgan fingerprint density at radius 1 is 1.58 bits per heavy atom. The Kier molecular flexibility index (Phi) is 2.87. The molecule has 100 valence electrons. The number of amides is 2. The zero-order valence-electron chi connectivity index (χ0n) is 10.8. The molecule has 2 unspecified atom stereocenters. The van der Waals surface area contributed by atoms with Gasteiger partial charge in [0.15, 0.2) is 0 Å². The Morgan fingerprint density at radius 2 is 2.42 bits per heavy atom. The molecule has 2 aliphatic heterocycles. The van der Waals surface area contributed by atoms with Crippen molar-refractivity contribution in [1.82, 2.24) is 20.7 Å². The number of aryl methyl sites for hydroxylation is 1. The second-order valence-corrected chi connectivity index (χ2v) is 4.99. The normalized spacial score (nSPS) is 25.5. The van der Waals surface area contributed by atoms with Crippen molar-refractivity contribution < 1.29 is 4.79 Å². The first-order valence-corrected chi connectivity index (χ1v) is 6.33. The van der Waals surface area contributed by atoms with Gasteiger partial charge in [0, 0.05) is 36.6 Å². The van der Waals surface area contributed by atoms with Crippen molar-refractivity contribution in [1.29, 1.82) is 0 Å². The SMILES string of the molecule is Cc1cc(C2NNC3=CCN(C(N)=O)CC32)ccn1. The Labute approximate surface area is 111 Å². The van der Waals surface area contributed by atoms with E-state index in [1.165, 1.54) is 5.56 Å². The number of carbonyl (C=O) groups excluding carboxylic acids is 1. The van der Waals surface area contributed by atoms with Crippen molar-refractivity contribution in [2.75, 3.05) is 13.1 Å². The molecular weight excluding hydrogens is 242 g/mol. The molecule has 1 saturated heterocycles. The molecule has 0 aromatic carbocycles. The number of hydrazine groups is 1. The first kappa shape index (κ1) is 12.0. The van der Waals surface area contributed by atoms with Crippen molar-refractivity contribution in [3.8, 4) is 0 Å². The largest absolute Gasteiger partial charge is 0.351 e. The molecule has 0 saturated carbocycles. The van der Waals surface area contributed by atoms with Crippen molar-refractivity contribution in [2.24, 2.45) is 11.7 Å². The molecule has 2 aliphatic rings. The first-order valence-electron chi connectivity index (χ1n) is 6.33. The average molecular weight is 259 g/mol. The van der Waals surface area contributed by atoms with Crippen LogP contribution in [0, 0.1) is 12.8 Å². The van der Waals surface area contributed by atoms with Gasteiger partial charge in [-0.2, -0.15) is 0 Å². The minimum Gasteiger partial charge on any atom is -0.351 e. The van der Waals surface area contributed by atoms with Gasteiger partial charge in [-0.15, -0.1) is 0 Å². The van der Waals surface area contributed by atoms with Gasteiger partial charge in [0.1, 0.15) is 0 Å². The van der Waals surface area contributed by atoms with E-state index < -0.39 is 0 Å². The Morgan fingerprint density at radius 3 is 3.16 bits per heavy atom. The number of fused-ring (bicyclic) bond motifs is 1. The van der Waals surface area contributed by atoms with Crippen molar-refractivity contribution in [2.45, 2.75) is 13.0 Å². The van der Waals surface area contributed by atoms with Crippen LogP contribution in [0.25, 0.3) is 0 Å². The van der Waals surface area contributed by atoms with Crippen molar-refractivity contribution >= 4 is 6.03 Å². The molecule has 1 fully saturated rings. The summed E-state index contributed by atoms with van der Waals surface area (Å²) in [5.74, 6) is 0.211. The Balaban J connectivity index is 1.87. The smallest absolute Gasteiger partial charge is 0.315 e. The molecule has 19 heavy (non-hydrogen) atoms. The summed E-state index contributed by atoms with van der Waals surface area (Å²) >= 11 is 0. The van der Waals surface area contributed by atoms with Crippen LogP contribution < -0.4 is 16.6 Å². The molecule has 1 aromatic rings. The second kappa shape index (κ2) is 4.55. The van der Waals surface area contributed by atoms with E-state index >= 15 is 0 Å². The summed E-state index contributed by atoms with van der Waals surface area (Å²) in [6, 6.07) is 3.83. The molecule has 2 atom stereocenters. The summed E-state index contributed by atoms with van der Waals surface area (Å²) < 4.78 is 0. The molecule has 2 amide bonds. The molecule has 1 aromatic heterocycles. The summed E-state index contributed by atoms with van der Waals surface area (Å²) in [5, 5.41) is 0. The van der Waals surface area contributed by atoms with Crippen molar-refractivity contribution in [3.63, 3.8) is 0 Å². The van der Waals surface area contributed by atoms with Crippen LogP contribution in [-0.4, -0.2) is 29.0 Å². The van der Waals surface area contributed by atoms with E-state index in [4.69, 9.17) is 5.73 Å². The topological polar surface area (TPSA) is 83.3 Å². The lowest BCUT2D eigenvalue weighted by Gasteiger charge is -2.30. The van der Waals surface area contributed by atoms with E-state index in [0.29, 0.717) is 13.1 Å². The highest BCUT2D eigenvalue weighted by Crippen LogP contribution is 2.33. The van der Waals surface area contributed by atoms with Crippen LogP contribution >= 0.6 is 0 Å². The van der Waals surface area contributed by atoms with E-state index in [1.54, 1.807) is 4.90 Å². The maximum Gasteiger partial charge on any atom is 0.315 e. The molecule has 0 radical (unpaired) electrons. The molecule has 6 nitrogen and oxygen atoms in total. The number of rotatable bonds is 1. The highest BCUT2D eigenvalue weighted by molar-refractivity contribution is 5.72. The quantitative estimate of drug-likeness (QED) is 0.683. The summed E-state index contributed by atoms with van der Waals surface area (Å²) in [7, 11) is 0. The highest BCUT2D eigenvalue weighted by atomic mass is 16.2. The van der Waals surface area contributed by atoms with Crippen LogP contribution in [0.15, 0.2) is 30.1 Å². The standard InChI is InChI=1S/C13H17N5O/c1-8-6-9(2-4-15-8)12-10-7-18(13(14)19)5-3-11(10)16-17-12/h2-4,6,10,12,16-17H,5,7H2,1H3,(H2,14,19). The lowest BCUT2D eigenvalue weighted by molar-refractivity contribution is 0.200. The molecule has 0 bridgehead atoms. The fraction of sp³-hybridized carbons (Fsp3) is 0.385. The second-order valence-electron chi connectivity index (χ2n) is 4.99. The summed E-state index contributed by atoms with van der Waals surface area (Å²) in [6.45, 7) is 3.17. The van der Waals surface area contributed by atoms with Gasteiger partial charge in [-0.25, -0.2) is 10.2 Å². The van der Waals surface area contributed by atoms with Crippen LogP contribution in [0.5, 0.6) is 0 Å². The van der Waals surface area contributed by atoms with Gasteiger partial charge >= 0.3 is 6.03 Å². The third-order valence-corrected chi connectivity index (χ3v) is 3.71. The number of nitrogens with two attached hydrogens (primary N) is 1. The molecule has 3 rings (SSSR count). The predicted molar refractivity (Wildman–Crippen MR) is 70.7 cm³/mol. The fourth-order valence-electron chi connectivity index (χ4n) is 2.72. The third kappa shape index (κ3) is 2.15.